The minimum Gasteiger partial charge on any atom is -0.480 e. The van der Waals surface area contributed by atoms with Crippen LogP contribution in [0.15, 0.2) is 34.8 Å². The van der Waals surface area contributed by atoms with Crippen LogP contribution in [0.2, 0.25) is 5.15 Å². The van der Waals surface area contributed by atoms with Crippen molar-refractivity contribution >= 4 is 33.2 Å². The molecule has 8 heteroatoms. The summed E-state index contributed by atoms with van der Waals surface area (Å²) in [5.74, 6) is -0.817. The summed E-state index contributed by atoms with van der Waals surface area (Å²) in [6.45, 7) is -0.0531. The van der Waals surface area contributed by atoms with Gasteiger partial charge in [-0.3, -0.25) is 10.1 Å². The number of hydrogen-bond donors (Lipinski definition) is 0. The molecule has 20 heavy (non-hydrogen) atoms. The molecule has 2 rings (SSSR count). The molecule has 1 aromatic carbocycles. The minimum atomic E-state index is -0.648. The molecule has 0 atom stereocenters. The molecular weight excluding hydrogens is 354 g/mol. The predicted molar refractivity (Wildman–Crippen MR) is 74.3 cm³/mol. The maximum Gasteiger partial charge on any atom is 0.312 e. The van der Waals surface area contributed by atoms with Crippen molar-refractivity contribution in [1.82, 2.24) is 4.98 Å². The zero-order valence-corrected chi connectivity index (χ0v) is 12.2. The lowest BCUT2D eigenvalue weighted by molar-refractivity contribution is -0.386. The van der Waals surface area contributed by atoms with E-state index < -0.39 is 10.7 Å². The van der Waals surface area contributed by atoms with E-state index in [1.807, 2.05) is 0 Å². The van der Waals surface area contributed by atoms with Gasteiger partial charge in [0.2, 0.25) is 5.75 Å². The number of aromatic nitrogens is 1. The van der Waals surface area contributed by atoms with Crippen LogP contribution in [0, 0.1) is 15.9 Å². The molecule has 104 valence electrons. The van der Waals surface area contributed by atoms with Crippen molar-refractivity contribution in [3.63, 3.8) is 0 Å². The Bertz CT molecular complexity index is 669. The summed E-state index contributed by atoms with van der Waals surface area (Å²) in [5, 5.41) is 11.2. The predicted octanol–water partition coefficient (Wildman–Crippen LogP) is 4.12. The average Bonchev–Trinajstić information content (AvgIpc) is 2.39. The van der Waals surface area contributed by atoms with Gasteiger partial charge in [0, 0.05) is 12.1 Å². The number of ether oxygens (including phenoxy) is 1. The van der Waals surface area contributed by atoms with Gasteiger partial charge in [0.25, 0.3) is 0 Å². The molecule has 0 aliphatic rings. The fourth-order valence-electron chi connectivity index (χ4n) is 1.46. The van der Waals surface area contributed by atoms with Crippen LogP contribution in [-0.2, 0) is 6.61 Å². The van der Waals surface area contributed by atoms with E-state index in [9.17, 15) is 14.5 Å². The normalized spacial score (nSPS) is 10.3. The smallest absolute Gasteiger partial charge is 0.312 e. The lowest BCUT2D eigenvalue weighted by Gasteiger charge is -2.07. The third-order valence-corrected chi connectivity index (χ3v) is 3.17. The molecule has 0 saturated heterocycles. The van der Waals surface area contributed by atoms with Crippen LogP contribution in [0.5, 0.6) is 5.75 Å². The Labute approximate surface area is 126 Å². The highest BCUT2D eigenvalue weighted by Gasteiger charge is 2.19. The second kappa shape index (κ2) is 6.15. The molecule has 0 N–H and O–H groups in total. The zero-order valence-electron chi connectivity index (χ0n) is 9.85. The van der Waals surface area contributed by atoms with E-state index in [-0.39, 0.29) is 27.7 Å². The van der Waals surface area contributed by atoms with Crippen molar-refractivity contribution in [3.05, 3.63) is 61.6 Å². The quantitative estimate of drug-likeness (QED) is 0.467. The Balaban J connectivity index is 2.24. The summed E-state index contributed by atoms with van der Waals surface area (Å²) in [6.07, 6.45) is 0. The van der Waals surface area contributed by atoms with E-state index in [0.29, 0.717) is 5.69 Å². The van der Waals surface area contributed by atoms with Crippen molar-refractivity contribution in [2.75, 3.05) is 0 Å². The summed E-state index contributed by atoms with van der Waals surface area (Å²) in [7, 11) is 0. The number of rotatable bonds is 4. The van der Waals surface area contributed by atoms with Gasteiger partial charge in [-0.05, 0) is 28.1 Å². The molecule has 0 spiro atoms. The fourth-order valence-corrected chi connectivity index (χ4v) is 1.97. The Morgan fingerprint density at radius 1 is 1.45 bits per heavy atom. The van der Waals surface area contributed by atoms with Gasteiger partial charge in [-0.2, -0.15) is 0 Å². The van der Waals surface area contributed by atoms with Gasteiger partial charge in [0.05, 0.1) is 15.1 Å². The van der Waals surface area contributed by atoms with Gasteiger partial charge in [-0.1, -0.05) is 17.7 Å². The number of nitrogens with zero attached hydrogens (tertiary/aromatic N) is 2. The molecule has 0 fully saturated rings. The van der Waals surface area contributed by atoms with Gasteiger partial charge in [-0.25, -0.2) is 9.37 Å². The second-order valence-electron chi connectivity index (χ2n) is 3.73. The minimum absolute atomic E-state index is 0.00238. The first-order chi connectivity index (χ1) is 9.47. The van der Waals surface area contributed by atoms with Crippen LogP contribution < -0.4 is 4.74 Å². The summed E-state index contributed by atoms with van der Waals surface area (Å²) >= 11 is 8.60. The monoisotopic (exact) mass is 360 g/mol. The summed E-state index contributed by atoms with van der Waals surface area (Å²) in [5.41, 5.74) is 0.149. The Kier molecular flexibility index (Phi) is 4.51. The van der Waals surface area contributed by atoms with Crippen molar-refractivity contribution in [2.24, 2.45) is 0 Å². The van der Waals surface area contributed by atoms with Crippen molar-refractivity contribution < 1.29 is 14.1 Å². The highest BCUT2D eigenvalue weighted by Crippen LogP contribution is 2.32. The first-order valence-electron chi connectivity index (χ1n) is 5.35. The van der Waals surface area contributed by atoms with E-state index in [2.05, 4.69) is 20.9 Å². The zero-order chi connectivity index (χ0) is 14.7. The molecule has 0 amide bonds. The number of benzene rings is 1. The molecule has 0 unspecified atom stereocenters. The lowest BCUT2D eigenvalue weighted by atomic mass is 10.3. The van der Waals surface area contributed by atoms with Crippen LogP contribution in [0.3, 0.4) is 0 Å². The molecule has 0 aliphatic heterocycles. The largest absolute Gasteiger partial charge is 0.480 e. The van der Waals surface area contributed by atoms with Gasteiger partial charge >= 0.3 is 5.69 Å². The highest BCUT2D eigenvalue weighted by molar-refractivity contribution is 9.10. The van der Waals surface area contributed by atoms with E-state index in [0.717, 1.165) is 12.1 Å². The topological polar surface area (TPSA) is 65.3 Å². The van der Waals surface area contributed by atoms with Crippen LogP contribution in [0.25, 0.3) is 0 Å². The van der Waals surface area contributed by atoms with Crippen LogP contribution in [0.1, 0.15) is 5.69 Å². The summed E-state index contributed by atoms with van der Waals surface area (Å²) in [6, 6.07) is 6.91. The number of hydrogen-bond acceptors (Lipinski definition) is 4. The highest BCUT2D eigenvalue weighted by atomic mass is 79.9. The molecule has 1 aromatic heterocycles. The number of halogens is 3. The van der Waals surface area contributed by atoms with E-state index in [1.165, 1.54) is 0 Å². The Morgan fingerprint density at radius 2 is 2.20 bits per heavy atom. The van der Waals surface area contributed by atoms with E-state index >= 15 is 0 Å². The van der Waals surface area contributed by atoms with Gasteiger partial charge < -0.3 is 4.74 Å². The number of pyridine rings is 1. The van der Waals surface area contributed by atoms with E-state index in [1.54, 1.807) is 18.2 Å². The standard InChI is InChI=1S/C12H7BrClFN2O3/c13-8-4-10(17(18)19)11(5-9(8)15)20-6-7-2-1-3-12(14)16-7/h1-5H,6H2. The third kappa shape index (κ3) is 3.43. The lowest BCUT2D eigenvalue weighted by Crippen LogP contribution is -2.01. The van der Waals surface area contributed by atoms with E-state index in [4.69, 9.17) is 16.3 Å². The van der Waals surface area contributed by atoms with Crippen molar-refractivity contribution in [3.8, 4) is 5.75 Å². The van der Waals surface area contributed by atoms with Gasteiger partial charge in [0.15, 0.2) is 0 Å². The maximum atomic E-state index is 13.4. The molecule has 1 heterocycles. The first-order valence-corrected chi connectivity index (χ1v) is 6.52. The number of nitro groups is 1. The van der Waals surface area contributed by atoms with Crippen LogP contribution in [-0.4, -0.2) is 9.91 Å². The Morgan fingerprint density at radius 3 is 2.85 bits per heavy atom. The summed E-state index contributed by atoms with van der Waals surface area (Å²) < 4.78 is 18.7. The Hall–Kier alpha value is -1.73. The molecule has 0 radical (unpaired) electrons. The molecule has 2 aromatic rings. The van der Waals surface area contributed by atoms with Crippen LogP contribution in [0.4, 0.5) is 10.1 Å². The SMILES string of the molecule is O=[N+]([O-])c1cc(Br)c(F)cc1OCc1cccc(Cl)n1. The van der Waals surface area contributed by atoms with Crippen LogP contribution >= 0.6 is 27.5 Å². The molecular formula is C12H7BrClFN2O3. The third-order valence-electron chi connectivity index (χ3n) is 2.35. The molecule has 5 nitrogen and oxygen atoms in total. The summed E-state index contributed by atoms with van der Waals surface area (Å²) in [4.78, 5) is 14.2. The average molecular weight is 362 g/mol. The van der Waals surface area contributed by atoms with Gasteiger partial charge in [-0.15, -0.1) is 0 Å². The second-order valence-corrected chi connectivity index (χ2v) is 4.97. The van der Waals surface area contributed by atoms with Gasteiger partial charge in [0.1, 0.15) is 17.6 Å². The molecule has 0 aliphatic carbocycles. The fraction of sp³-hybridized carbons (Fsp3) is 0.0833. The molecule has 0 bridgehead atoms. The first kappa shape index (κ1) is 14.7. The number of nitro benzene ring substituents is 1. The van der Waals surface area contributed by atoms with Crippen molar-refractivity contribution in [1.29, 1.82) is 0 Å². The maximum absolute atomic E-state index is 13.4. The molecule has 0 saturated carbocycles. The van der Waals surface area contributed by atoms with Crippen molar-refractivity contribution in [2.45, 2.75) is 6.61 Å².